The molecule has 0 radical (unpaired) electrons. The maximum atomic E-state index is 12.6. The van der Waals surface area contributed by atoms with Gasteiger partial charge in [-0.15, -0.1) is 13.2 Å². The number of hydrogen-bond acceptors (Lipinski definition) is 4. The molecule has 1 saturated carbocycles. The fourth-order valence-corrected chi connectivity index (χ4v) is 3.19. The van der Waals surface area contributed by atoms with Gasteiger partial charge in [-0.1, -0.05) is 19.3 Å². The van der Waals surface area contributed by atoms with Crippen molar-refractivity contribution in [1.82, 2.24) is 15.8 Å². The summed E-state index contributed by atoms with van der Waals surface area (Å²) >= 11 is 0. The number of halogens is 3. The zero-order chi connectivity index (χ0) is 18.9. The van der Waals surface area contributed by atoms with Crippen LogP contribution < -0.4 is 15.5 Å². The number of hydrogen-bond donors (Lipinski definition) is 2. The second kappa shape index (κ2) is 6.50. The van der Waals surface area contributed by atoms with Crippen molar-refractivity contribution < 1.29 is 32.3 Å². The predicted molar refractivity (Wildman–Crippen MR) is 81.8 cm³/mol. The molecule has 2 N–H and O–H groups in total. The number of amides is 4. The molecule has 1 aromatic carbocycles. The van der Waals surface area contributed by atoms with Gasteiger partial charge >= 0.3 is 12.4 Å². The lowest BCUT2D eigenvalue weighted by Gasteiger charge is -2.30. The number of carbonyl (C=O) groups is 3. The molecule has 3 rings (SSSR count). The van der Waals surface area contributed by atoms with E-state index in [2.05, 4.69) is 15.5 Å². The molecule has 0 atom stereocenters. The summed E-state index contributed by atoms with van der Waals surface area (Å²) in [6, 6.07) is 3.42. The summed E-state index contributed by atoms with van der Waals surface area (Å²) in [6.07, 6.45) is -1.24. The van der Waals surface area contributed by atoms with E-state index in [0.29, 0.717) is 17.9 Å². The molecule has 1 heterocycles. The molecule has 1 aromatic rings. The Hall–Kier alpha value is -2.78. The Morgan fingerprint density at radius 3 is 2.31 bits per heavy atom. The summed E-state index contributed by atoms with van der Waals surface area (Å²) in [5.41, 5.74) is 1.20. The van der Waals surface area contributed by atoms with E-state index in [9.17, 15) is 27.6 Å². The lowest BCUT2D eigenvalue weighted by molar-refractivity contribution is -0.274. The lowest BCUT2D eigenvalue weighted by Crippen LogP contribution is -2.50. The third-order valence-electron chi connectivity index (χ3n) is 4.43. The highest BCUT2D eigenvalue weighted by Crippen LogP contribution is 2.33. The van der Waals surface area contributed by atoms with Gasteiger partial charge in [-0.25, -0.2) is 4.79 Å². The van der Waals surface area contributed by atoms with Gasteiger partial charge in [0.25, 0.3) is 11.8 Å². The van der Waals surface area contributed by atoms with Crippen molar-refractivity contribution >= 4 is 17.8 Å². The van der Waals surface area contributed by atoms with Gasteiger partial charge in [-0.2, -0.15) is 5.01 Å². The van der Waals surface area contributed by atoms with Gasteiger partial charge in [0.1, 0.15) is 11.3 Å². The number of hydrazine groups is 1. The number of carbonyl (C=O) groups excluding carboxylic acids is 3. The second-order valence-corrected chi connectivity index (χ2v) is 6.23. The zero-order valence-corrected chi connectivity index (χ0v) is 13.6. The maximum Gasteiger partial charge on any atom is 0.573 e. The van der Waals surface area contributed by atoms with Crippen LogP contribution in [0.4, 0.5) is 18.0 Å². The van der Waals surface area contributed by atoms with E-state index >= 15 is 0 Å². The van der Waals surface area contributed by atoms with Gasteiger partial charge in [0.05, 0.1) is 0 Å². The van der Waals surface area contributed by atoms with Crippen molar-refractivity contribution in [2.75, 3.05) is 0 Å². The van der Waals surface area contributed by atoms with Gasteiger partial charge in [-0.3, -0.25) is 15.0 Å². The Morgan fingerprint density at radius 1 is 1.12 bits per heavy atom. The smallest absolute Gasteiger partial charge is 0.406 e. The van der Waals surface area contributed by atoms with Crippen LogP contribution in [-0.2, 0) is 4.79 Å². The summed E-state index contributed by atoms with van der Waals surface area (Å²) in [6.45, 7) is 0. The second-order valence-electron chi connectivity index (χ2n) is 6.23. The lowest BCUT2D eigenvalue weighted by atomic mass is 9.82. The standard InChI is InChI=1S/C16H16F3N3O4/c17-16(18,19)26-11-6-4-10(5-7-11)12(23)21-22-13(24)15(20-14(22)25)8-2-1-3-9-15/h4-7H,1-3,8-9H2,(H,20,25)(H,21,23). The molecule has 0 unspecified atom stereocenters. The Labute approximate surface area is 146 Å². The van der Waals surface area contributed by atoms with E-state index in [0.717, 1.165) is 43.5 Å². The quantitative estimate of drug-likeness (QED) is 0.799. The number of rotatable bonds is 3. The normalized spacial score (nSPS) is 19.4. The Morgan fingerprint density at radius 2 is 1.73 bits per heavy atom. The van der Waals surface area contributed by atoms with Gasteiger partial charge in [0.15, 0.2) is 0 Å². The topological polar surface area (TPSA) is 87.7 Å². The average Bonchev–Trinajstić information content (AvgIpc) is 2.79. The van der Waals surface area contributed by atoms with E-state index < -0.39 is 35.5 Å². The zero-order valence-electron chi connectivity index (χ0n) is 13.6. The Balaban J connectivity index is 1.68. The Bertz CT molecular complexity index is 727. The molecule has 4 amide bonds. The van der Waals surface area contributed by atoms with Gasteiger partial charge in [-0.05, 0) is 37.1 Å². The van der Waals surface area contributed by atoms with Crippen molar-refractivity contribution in [2.45, 2.75) is 44.0 Å². The molecule has 2 aliphatic rings. The Kier molecular flexibility index (Phi) is 4.51. The van der Waals surface area contributed by atoms with E-state index in [1.807, 2.05) is 0 Å². The number of ether oxygens (including phenoxy) is 1. The van der Waals surface area contributed by atoms with Gasteiger partial charge < -0.3 is 10.1 Å². The fourth-order valence-electron chi connectivity index (χ4n) is 3.19. The average molecular weight is 371 g/mol. The molecular formula is C16H16F3N3O4. The number of imide groups is 1. The first-order chi connectivity index (χ1) is 12.2. The molecule has 26 heavy (non-hydrogen) atoms. The summed E-state index contributed by atoms with van der Waals surface area (Å²) in [4.78, 5) is 36.8. The van der Waals surface area contributed by atoms with Crippen LogP contribution in [0.5, 0.6) is 5.75 Å². The predicted octanol–water partition coefficient (Wildman–Crippen LogP) is 2.48. The molecule has 140 valence electrons. The van der Waals surface area contributed by atoms with Crippen LogP contribution >= 0.6 is 0 Å². The number of nitrogens with one attached hydrogen (secondary N) is 2. The van der Waals surface area contributed by atoms with Crippen LogP contribution in [0.1, 0.15) is 42.5 Å². The molecule has 1 aliphatic carbocycles. The maximum absolute atomic E-state index is 12.6. The molecule has 1 spiro atoms. The number of nitrogens with zero attached hydrogens (tertiary/aromatic N) is 1. The number of benzene rings is 1. The van der Waals surface area contributed by atoms with Crippen LogP contribution in [0.15, 0.2) is 24.3 Å². The minimum atomic E-state index is -4.84. The molecule has 1 saturated heterocycles. The molecule has 0 bridgehead atoms. The minimum absolute atomic E-state index is 0.0234. The molecule has 7 nitrogen and oxygen atoms in total. The first-order valence-electron chi connectivity index (χ1n) is 8.04. The molecule has 0 aromatic heterocycles. The van der Waals surface area contributed by atoms with E-state index in [1.165, 1.54) is 0 Å². The highest BCUT2D eigenvalue weighted by atomic mass is 19.4. The van der Waals surface area contributed by atoms with Crippen LogP contribution in [-0.4, -0.2) is 34.8 Å². The van der Waals surface area contributed by atoms with E-state index in [1.54, 1.807) is 0 Å². The largest absolute Gasteiger partial charge is 0.573 e. The van der Waals surface area contributed by atoms with E-state index in [4.69, 9.17) is 0 Å². The minimum Gasteiger partial charge on any atom is -0.406 e. The summed E-state index contributed by atoms with van der Waals surface area (Å²) in [7, 11) is 0. The third kappa shape index (κ3) is 3.58. The molecule has 2 fully saturated rings. The number of urea groups is 1. The third-order valence-corrected chi connectivity index (χ3v) is 4.43. The van der Waals surface area contributed by atoms with Gasteiger partial charge in [0.2, 0.25) is 0 Å². The summed E-state index contributed by atoms with van der Waals surface area (Å²) < 4.78 is 40.1. The summed E-state index contributed by atoms with van der Waals surface area (Å²) in [5, 5.41) is 3.27. The van der Waals surface area contributed by atoms with Crippen molar-refractivity contribution in [3.8, 4) is 5.75 Å². The van der Waals surface area contributed by atoms with E-state index in [-0.39, 0.29) is 5.56 Å². The molecule has 10 heteroatoms. The molecule has 1 aliphatic heterocycles. The number of alkyl halides is 3. The summed E-state index contributed by atoms with van der Waals surface area (Å²) in [5.74, 6) is -1.79. The highest BCUT2D eigenvalue weighted by molar-refractivity contribution is 6.09. The van der Waals surface area contributed by atoms with Crippen LogP contribution in [0, 0.1) is 0 Å². The van der Waals surface area contributed by atoms with Crippen molar-refractivity contribution in [3.63, 3.8) is 0 Å². The molecular weight excluding hydrogens is 355 g/mol. The van der Waals surface area contributed by atoms with Crippen LogP contribution in [0.3, 0.4) is 0 Å². The first kappa shape index (κ1) is 18.0. The fraction of sp³-hybridized carbons (Fsp3) is 0.438. The van der Waals surface area contributed by atoms with Gasteiger partial charge in [0, 0.05) is 5.56 Å². The van der Waals surface area contributed by atoms with Crippen molar-refractivity contribution in [3.05, 3.63) is 29.8 Å². The van der Waals surface area contributed by atoms with Crippen LogP contribution in [0.2, 0.25) is 0 Å². The first-order valence-corrected chi connectivity index (χ1v) is 8.04. The van der Waals surface area contributed by atoms with Crippen LogP contribution in [0.25, 0.3) is 0 Å². The highest BCUT2D eigenvalue weighted by Gasteiger charge is 2.52. The monoisotopic (exact) mass is 371 g/mol. The van der Waals surface area contributed by atoms with Crippen molar-refractivity contribution in [1.29, 1.82) is 0 Å². The van der Waals surface area contributed by atoms with Crippen molar-refractivity contribution in [2.24, 2.45) is 0 Å². The SMILES string of the molecule is O=C(NN1C(=O)NC2(CCCCC2)C1=O)c1ccc(OC(F)(F)F)cc1.